The van der Waals surface area contributed by atoms with Gasteiger partial charge >= 0.3 is 0 Å². The predicted octanol–water partition coefficient (Wildman–Crippen LogP) is 4.73. The van der Waals surface area contributed by atoms with E-state index in [2.05, 4.69) is 64.4 Å². The van der Waals surface area contributed by atoms with Crippen LogP contribution in [0.4, 0.5) is 11.4 Å². The Morgan fingerprint density at radius 2 is 1.81 bits per heavy atom. The first-order valence-electron chi connectivity index (χ1n) is 6.86. The van der Waals surface area contributed by atoms with E-state index in [1.807, 2.05) is 25.1 Å². The highest BCUT2D eigenvalue weighted by Crippen LogP contribution is 2.24. The standard InChI is InChI=1S/C17H19IN2O/c1-11-4-9-16(10-17(11)20-13(3)21)19-12(2)14-5-7-15(18)8-6-14/h4-10,12,19H,1-3H3,(H,20,21). The van der Waals surface area contributed by atoms with E-state index in [1.54, 1.807) is 0 Å². The number of aryl methyl sites for hydroxylation is 1. The van der Waals surface area contributed by atoms with Crippen molar-refractivity contribution in [3.8, 4) is 0 Å². The van der Waals surface area contributed by atoms with Crippen LogP contribution < -0.4 is 10.6 Å². The summed E-state index contributed by atoms with van der Waals surface area (Å²) in [5.41, 5.74) is 4.13. The normalized spacial score (nSPS) is 11.8. The lowest BCUT2D eigenvalue weighted by atomic mass is 10.1. The van der Waals surface area contributed by atoms with Gasteiger partial charge in [0.1, 0.15) is 0 Å². The Hall–Kier alpha value is -1.56. The van der Waals surface area contributed by atoms with Gasteiger partial charge in [0.2, 0.25) is 5.91 Å². The van der Waals surface area contributed by atoms with Crippen molar-refractivity contribution in [2.75, 3.05) is 10.6 Å². The van der Waals surface area contributed by atoms with Crippen LogP contribution in [0.15, 0.2) is 42.5 Å². The lowest BCUT2D eigenvalue weighted by Crippen LogP contribution is -2.09. The molecule has 2 aromatic carbocycles. The van der Waals surface area contributed by atoms with Gasteiger partial charge in [-0.05, 0) is 71.8 Å². The molecule has 3 nitrogen and oxygen atoms in total. The van der Waals surface area contributed by atoms with Crippen molar-refractivity contribution in [3.05, 3.63) is 57.2 Å². The summed E-state index contributed by atoms with van der Waals surface area (Å²) in [6.07, 6.45) is 0. The highest BCUT2D eigenvalue weighted by Gasteiger charge is 2.07. The Labute approximate surface area is 139 Å². The molecule has 2 rings (SSSR count). The van der Waals surface area contributed by atoms with Crippen molar-refractivity contribution in [2.45, 2.75) is 26.8 Å². The van der Waals surface area contributed by atoms with E-state index in [9.17, 15) is 4.79 Å². The molecule has 4 heteroatoms. The first kappa shape index (κ1) is 15.8. The second kappa shape index (κ2) is 6.93. The maximum atomic E-state index is 11.2. The molecule has 0 spiro atoms. The van der Waals surface area contributed by atoms with Gasteiger partial charge in [-0.2, -0.15) is 0 Å². The molecule has 0 aromatic heterocycles. The number of carbonyl (C=O) groups is 1. The fourth-order valence-electron chi connectivity index (χ4n) is 2.12. The average Bonchev–Trinajstić information content (AvgIpc) is 2.42. The molecule has 2 aromatic rings. The van der Waals surface area contributed by atoms with Gasteiger partial charge in [-0.1, -0.05) is 18.2 Å². The van der Waals surface area contributed by atoms with E-state index in [-0.39, 0.29) is 11.9 Å². The maximum Gasteiger partial charge on any atom is 0.221 e. The zero-order valence-electron chi connectivity index (χ0n) is 12.4. The first-order valence-corrected chi connectivity index (χ1v) is 7.94. The minimum absolute atomic E-state index is 0.0547. The molecule has 110 valence electrons. The fraction of sp³-hybridized carbons (Fsp3) is 0.235. The highest BCUT2D eigenvalue weighted by atomic mass is 127. The lowest BCUT2D eigenvalue weighted by molar-refractivity contribution is -0.114. The monoisotopic (exact) mass is 394 g/mol. The highest BCUT2D eigenvalue weighted by molar-refractivity contribution is 14.1. The topological polar surface area (TPSA) is 41.1 Å². The van der Waals surface area contributed by atoms with Crippen LogP contribution in [0.25, 0.3) is 0 Å². The van der Waals surface area contributed by atoms with Gasteiger partial charge in [-0.15, -0.1) is 0 Å². The van der Waals surface area contributed by atoms with Crippen molar-refractivity contribution >= 4 is 39.9 Å². The summed E-state index contributed by atoms with van der Waals surface area (Å²) in [7, 11) is 0. The Balaban J connectivity index is 2.15. The zero-order valence-corrected chi connectivity index (χ0v) is 14.6. The molecule has 21 heavy (non-hydrogen) atoms. The van der Waals surface area contributed by atoms with Crippen molar-refractivity contribution in [2.24, 2.45) is 0 Å². The molecule has 1 atom stereocenters. The molecule has 0 aliphatic carbocycles. The second-order valence-corrected chi connectivity index (χ2v) is 6.37. The number of benzene rings is 2. The summed E-state index contributed by atoms with van der Waals surface area (Å²) in [4.78, 5) is 11.2. The van der Waals surface area contributed by atoms with E-state index in [1.165, 1.54) is 16.1 Å². The molecule has 0 saturated heterocycles. The lowest BCUT2D eigenvalue weighted by Gasteiger charge is -2.17. The largest absolute Gasteiger partial charge is 0.378 e. The smallest absolute Gasteiger partial charge is 0.221 e. The van der Waals surface area contributed by atoms with Crippen LogP contribution in [0.2, 0.25) is 0 Å². The number of rotatable bonds is 4. The average molecular weight is 394 g/mol. The molecule has 0 saturated carbocycles. The van der Waals surface area contributed by atoms with Crippen LogP contribution in [-0.4, -0.2) is 5.91 Å². The van der Waals surface area contributed by atoms with Gasteiger partial charge in [0.05, 0.1) is 0 Å². The van der Waals surface area contributed by atoms with Crippen LogP contribution in [0.1, 0.15) is 31.0 Å². The number of amides is 1. The van der Waals surface area contributed by atoms with Crippen LogP contribution in [0.5, 0.6) is 0 Å². The Bertz CT molecular complexity index is 638. The summed E-state index contributed by atoms with van der Waals surface area (Å²) in [5.74, 6) is -0.0547. The molecule has 2 N–H and O–H groups in total. The molecule has 0 heterocycles. The summed E-state index contributed by atoms with van der Waals surface area (Å²) in [5, 5.41) is 6.32. The summed E-state index contributed by atoms with van der Waals surface area (Å²) < 4.78 is 1.23. The molecule has 0 bridgehead atoms. The molecule has 0 radical (unpaired) electrons. The summed E-state index contributed by atoms with van der Waals surface area (Å²) in [6, 6.07) is 14.7. The Morgan fingerprint density at radius 3 is 2.43 bits per heavy atom. The van der Waals surface area contributed by atoms with E-state index in [0.717, 1.165) is 16.9 Å². The molecule has 1 amide bonds. The third-order valence-corrected chi connectivity index (χ3v) is 4.02. The van der Waals surface area contributed by atoms with E-state index >= 15 is 0 Å². The van der Waals surface area contributed by atoms with Crippen LogP contribution in [0, 0.1) is 10.5 Å². The predicted molar refractivity (Wildman–Crippen MR) is 96.7 cm³/mol. The number of hydrogen-bond donors (Lipinski definition) is 2. The quantitative estimate of drug-likeness (QED) is 0.737. The third-order valence-electron chi connectivity index (χ3n) is 3.30. The minimum atomic E-state index is -0.0547. The van der Waals surface area contributed by atoms with Crippen LogP contribution >= 0.6 is 22.6 Å². The summed E-state index contributed by atoms with van der Waals surface area (Å²) in [6.45, 7) is 5.63. The second-order valence-electron chi connectivity index (χ2n) is 5.13. The van der Waals surface area contributed by atoms with Gasteiger partial charge < -0.3 is 10.6 Å². The maximum absolute atomic E-state index is 11.2. The van der Waals surface area contributed by atoms with Crippen LogP contribution in [-0.2, 0) is 4.79 Å². The number of halogens is 1. The Kier molecular flexibility index (Phi) is 5.22. The number of carbonyl (C=O) groups excluding carboxylic acids is 1. The van der Waals surface area contributed by atoms with Crippen molar-refractivity contribution < 1.29 is 4.79 Å². The molecule has 0 aliphatic rings. The van der Waals surface area contributed by atoms with Gasteiger partial charge in [-0.3, -0.25) is 4.79 Å². The third kappa shape index (κ3) is 4.46. The van der Waals surface area contributed by atoms with E-state index < -0.39 is 0 Å². The SMILES string of the molecule is CC(=O)Nc1cc(NC(C)c2ccc(I)cc2)ccc1C. The molecular formula is C17H19IN2O. The minimum Gasteiger partial charge on any atom is -0.378 e. The van der Waals surface area contributed by atoms with Gasteiger partial charge in [-0.25, -0.2) is 0 Å². The number of nitrogens with one attached hydrogen (secondary N) is 2. The first-order chi connectivity index (χ1) is 9.95. The molecular weight excluding hydrogens is 375 g/mol. The van der Waals surface area contributed by atoms with Crippen molar-refractivity contribution in [1.82, 2.24) is 0 Å². The number of anilines is 2. The fourth-order valence-corrected chi connectivity index (χ4v) is 2.48. The van der Waals surface area contributed by atoms with Gasteiger partial charge in [0, 0.05) is 27.9 Å². The van der Waals surface area contributed by atoms with Crippen molar-refractivity contribution in [3.63, 3.8) is 0 Å². The van der Waals surface area contributed by atoms with E-state index in [4.69, 9.17) is 0 Å². The Morgan fingerprint density at radius 1 is 1.14 bits per heavy atom. The van der Waals surface area contributed by atoms with Gasteiger partial charge in [0.15, 0.2) is 0 Å². The number of hydrogen-bond acceptors (Lipinski definition) is 2. The molecule has 0 fully saturated rings. The van der Waals surface area contributed by atoms with E-state index in [0.29, 0.717) is 0 Å². The van der Waals surface area contributed by atoms with Gasteiger partial charge in [0.25, 0.3) is 0 Å². The van der Waals surface area contributed by atoms with Crippen LogP contribution in [0.3, 0.4) is 0 Å². The molecule has 0 aliphatic heterocycles. The summed E-state index contributed by atoms with van der Waals surface area (Å²) >= 11 is 2.30. The zero-order chi connectivity index (χ0) is 15.4. The van der Waals surface area contributed by atoms with Crippen molar-refractivity contribution in [1.29, 1.82) is 0 Å². The molecule has 1 unspecified atom stereocenters.